The molecule has 0 radical (unpaired) electrons. The van der Waals surface area contributed by atoms with Crippen molar-refractivity contribution in [1.82, 2.24) is 10.2 Å². The van der Waals surface area contributed by atoms with Gasteiger partial charge < -0.3 is 25.2 Å². The third-order valence-electron chi connectivity index (χ3n) is 7.71. The van der Waals surface area contributed by atoms with Crippen molar-refractivity contribution in [2.24, 2.45) is 5.41 Å². The zero-order valence-electron chi connectivity index (χ0n) is 25.6. The number of carbonyl (C=O) groups excluding carboxylic acids is 3. The lowest BCUT2D eigenvalue weighted by molar-refractivity contribution is -0.154. The first-order valence-electron chi connectivity index (χ1n) is 15.9. The summed E-state index contributed by atoms with van der Waals surface area (Å²) in [7, 11) is 0. The lowest BCUT2D eigenvalue weighted by atomic mass is 9.87. The molecule has 1 heterocycles. The van der Waals surface area contributed by atoms with Crippen LogP contribution in [-0.2, 0) is 19.1 Å². The molecule has 1 rings (SSSR count). The van der Waals surface area contributed by atoms with Gasteiger partial charge in [-0.3, -0.25) is 14.4 Å². The number of esters is 1. The number of amides is 2. The first-order valence-corrected chi connectivity index (χ1v) is 15.9. The van der Waals surface area contributed by atoms with Crippen molar-refractivity contribution in [2.75, 3.05) is 26.2 Å². The van der Waals surface area contributed by atoms with E-state index in [9.17, 15) is 24.6 Å². The summed E-state index contributed by atoms with van der Waals surface area (Å²) < 4.78 is 5.54. The predicted octanol–water partition coefficient (Wildman–Crippen LogP) is 5.44. The number of piperidine rings is 1. The molecule has 2 unspecified atom stereocenters. The Balaban J connectivity index is 2.10. The molecule has 232 valence electrons. The van der Waals surface area contributed by atoms with Crippen LogP contribution in [0.5, 0.6) is 0 Å². The molecule has 1 aliphatic rings. The summed E-state index contributed by atoms with van der Waals surface area (Å²) in [5, 5.41) is 21.8. The van der Waals surface area contributed by atoms with Gasteiger partial charge in [-0.2, -0.15) is 0 Å². The molecule has 1 fully saturated rings. The van der Waals surface area contributed by atoms with Crippen molar-refractivity contribution in [1.29, 1.82) is 0 Å². The summed E-state index contributed by atoms with van der Waals surface area (Å²) in [6.07, 6.45) is 21.0. The van der Waals surface area contributed by atoms with Crippen LogP contribution in [0.25, 0.3) is 0 Å². The van der Waals surface area contributed by atoms with Gasteiger partial charge in [-0.15, -0.1) is 0 Å². The Labute approximate surface area is 243 Å². The number of aliphatic hydroxyl groups excluding tert-OH is 2. The average Bonchev–Trinajstić information content (AvgIpc) is 2.94. The Kier molecular flexibility index (Phi) is 19.6. The summed E-state index contributed by atoms with van der Waals surface area (Å²) in [5.74, 6) is -0.934. The van der Waals surface area contributed by atoms with Crippen LogP contribution in [0.15, 0.2) is 12.2 Å². The monoisotopic (exact) mass is 566 g/mol. The lowest BCUT2D eigenvalue weighted by Gasteiger charge is -2.32. The highest BCUT2D eigenvalue weighted by Crippen LogP contribution is 2.20. The average molecular weight is 567 g/mol. The van der Waals surface area contributed by atoms with Crippen LogP contribution in [-0.4, -0.2) is 71.3 Å². The van der Waals surface area contributed by atoms with E-state index in [2.05, 4.69) is 24.4 Å². The maximum absolute atomic E-state index is 12.7. The van der Waals surface area contributed by atoms with Gasteiger partial charge >= 0.3 is 5.97 Å². The van der Waals surface area contributed by atoms with Crippen molar-refractivity contribution in [3.63, 3.8) is 0 Å². The molecule has 2 amide bonds. The Bertz CT molecular complexity index is 739. The van der Waals surface area contributed by atoms with E-state index in [1.807, 2.05) is 4.90 Å². The molecule has 1 aliphatic heterocycles. The van der Waals surface area contributed by atoms with Gasteiger partial charge in [0.2, 0.25) is 11.8 Å². The van der Waals surface area contributed by atoms with Crippen molar-refractivity contribution >= 4 is 17.8 Å². The molecule has 0 aromatic rings. The third kappa shape index (κ3) is 16.4. The number of nitrogens with zero attached hydrogens (tertiary/aromatic N) is 1. The molecule has 40 heavy (non-hydrogen) atoms. The molecule has 8 heteroatoms. The van der Waals surface area contributed by atoms with Crippen LogP contribution >= 0.6 is 0 Å². The summed E-state index contributed by atoms with van der Waals surface area (Å²) in [5.41, 5.74) is -0.966. The second kappa shape index (κ2) is 21.8. The molecule has 0 aromatic carbocycles. The Hall–Kier alpha value is -1.93. The second-order valence-corrected chi connectivity index (χ2v) is 12.0. The summed E-state index contributed by atoms with van der Waals surface area (Å²) in [4.78, 5) is 38.7. The third-order valence-corrected chi connectivity index (χ3v) is 7.71. The zero-order chi connectivity index (χ0) is 29.6. The Morgan fingerprint density at radius 1 is 0.950 bits per heavy atom. The van der Waals surface area contributed by atoms with E-state index >= 15 is 0 Å². The highest BCUT2D eigenvalue weighted by Gasteiger charge is 2.33. The Morgan fingerprint density at radius 2 is 1.55 bits per heavy atom. The lowest BCUT2D eigenvalue weighted by Crippen LogP contribution is -2.46. The molecule has 0 aromatic heterocycles. The van der Waals surface area contributed by atoms with Crippen molar-refractivity contribution in [3.8, 4) is 0 Å². The Morgan fingerprint density at radius 3 is 2.17 bits per heavy atom. The maximum Gasteiger partial charge on any atom is 0.307 e. The molecule has 1 saturated heterocycles. The fraction of sp³-hybridized carbons (Fsp3) is 0.844. The summed E-state index contributed by atoms with van der Waals surface area (Å²) in [6, 6.07) is 0. The highest BCUT2D eigenvalue weighted by atomic mass is 16.5. The van der Waals surface area contributed by atoms with E-state index in [0.717, 1.165) is 38.5 Å². The predicted molar refractivity (Wildman–Crippen MR) is 160 cm³/mol. The molecule has 8 nitrogen and oxygen atoms in total. The van der Waals surface area contributed by atoms with Gasteiger partial charge in [-0.05, 0) is 44.9 Å². The molecule has 0 saturated carbocycles. The van der Waals surface area contributed by atoms with Gasteiger partial charge in [0.1, 0.15) is 12.2 Å². The van der Waals surface area contributed by atoms with Crippen LogP contribution in [0.2, 0.25) is 0 Å². The molecular formula is C32H58N2O6. The molecule has 0 bridgehead atoms. The van der Waals surface area contributed by atoms with Crippen LogP contribution in [0.4, 0.5) is 0 Å². The van der Waals surface area contributed by atoms with E-state index in [0.29, 0.717) is 19.5 Å². The largest absolute Gasteiger partial charge is 0.460 e. The number of hydrogen-bond donors (Lipinski definition) is 3. The number of rotatable bonds is 22. The van der Waals surface area contributed by atoms with Gasteiger partial charge in [0.15, 0.2) is 0 Å². The van der Waals surface area contributed by atoms with Gasteiger partial charge in [0, 0.05) is 24.9 Å². The number of aliphatic hydroxyl groups is 2. The smallest absolute Gasteiger partial charge is 0.307 e. The number of carbonyl (C=O) groups is 3. The normalized spacial score (nSPS) is 16.7. The summed E-state index contributed by atoms with van der Waals surface area (Å²) in [6.45, 7) is 6.25. The van der Waals surface area contributed by atoms with Crippen LogP contribution < -0.4 is 5.32 Å². The number of allylic oxidation sites excluding steroid dienone is 2. The zero-order valence-corrected chi connectivity index (χ0v) is 25.6. The minimum atomic E-state index is -1.37. The van der Waals surface area contributed by atoms with Crippen LogP contribution in [0.3, 0.4) is 0 Å². The van der Waals surface area contributed by atoms with Crippen molar-refractivity contribution < 1.29 is 29.3 Å². The van der Waals surface area contributed by atoms with E-state index in [1.54, 1.807) is 13.8 Å². The van der Waals surface area contributed by atoms with Crippen LogP contribution in [0.1, 0.15) is 130 Å². The highest BCUT2D eigenvalue weighted by molar-refractivity contribution is 5.82. The van der Waals surface area contributed by atoms with Gasteiger partial charge in [-0.25, -0.2) is 0 Å². The number of ether oxygens (including phenoxy) is 1. The molecule has 3 N–H and O–H groups in total. The van der Waals surface area contributed by atoms with Crippen molar-refractivity contribution in [3.05, 3.63) is 12.2 Å². The maximum atomic E-state index is 12.7. The number of unbranched alkanes of at least 4 members (excludes halogenated alkanes) is 11. The van der Waals surface area contributed by atoms with Crippen molar-refractivity contribution in [2.45, 2.75) is 142 Å². The quantitative estimate of drug-likeness (QED) is 0.0912. The first-order chi connectivity index (χ1) is 19.2. The number of hydrogen-bond acceptors (Lipinski definition) is 6. The minimum absolute atomic E-state index is 0.0165. The minimum Gasteiger partial charge on any atom is -0.460 e. The fourth-order valence-corrected chi connectivity index (χ4v) is 4.84. The van der Waals surface area contributed by atoms with E-state index in [-0.39, 0.29) is 31.6 Å². The van der Waals surface area contributed by atoms with Gasteiger partial charge in [-0.1, -0.05) is 84.3 Å². The fourth-order valence-electron chi connectivity index (χ4n) is 4.84. The molecule has 0 aliphatic carbocycles. The molecule has 0 spiro atoms. The number of likely N-dealkylation sites (tertiary alicyclic amines) is 1. The second-order valence-electron chi connectivity index (χ2n) is 12.0. The van der Waals surface area contributed by atoms with E-state index in [4.69, 9.17) is 4.74 Å². The number of nitrogens with one attached hydrogen (secondary N) is 1. The van der Waals surface area contributed by atoms with E-state index in [1.165, 1.54) is 57.8 Å². The van der Waals surface area contributed by atoms with Gasteiger partial charge in [0.25, 0.3) is 0 Å². The van der Waals surface area contributed by atoms with Crippen LogP contribution in [0, 0.1) is 5.41 Å². The first kappa shape index (κ1) is 36.1. The standard InChI is InChI=1S/C32H58N2O6/c1-4-5-6-7-8-9-10-11-12-13-14-15-16-17-18-21-28(36)34-24-19-20-27(25-34)40-29(37)22-23-33-31(39)30(38)32(2,3)26-35/h11-12,27,30,35,38H,4-10,13-26H2,1-3H3,(H,33,39)/b12-11-. The molecular weight excluding hydrogens is 508 g/mol. The topological polar surface area (TPSA) is 116 Å². The van der Waals surface area contributed by atoms with Gasteiger partial charge in [0.05, 0.1) is 19.6 Å². The SMILES string of the molecule is CCCCCCCC/C=C\CCCCCCCC(=O)N1CCCC(OC(=O)CCNC(=O)C(O)C(C)(C)CO)C1. The molecule has 2 atom stereocenters. The summed E-state index contributed by atoms with van der Waals surface area (Å²) >= 11 is 0. The van der Waals surface area contributed by atoms with E-state index < -0.39 is 23.4 Å².